The van der Waals surface area contributed by atoms with Crippen LogP contribution in [0, 0.1) is 12.7 Å². The Balaban J connectivity index is 3.11. The first-order chi connectivity index (χ1) is 9.44. The molecule has 0 radical (unpaired) electrons. The van der Waals surface area contributed by atoms with Crippen molar-refractivity contribution in [2.24, 2.45) is 0 Å². The lowest BCUT2D eigenvalue weighted by Crippen LogP contribution is -2.21. The number of ether oxygens (including phenoxy) is 1. The number of sulfone groups is 1. The second-order valence-electron chi connectivity index (χ2n) is 4.00. The lowest BCUT2D eigenvalue weighted by atomic mass is 10.1. The third-order valence-electron chi connectivity index (χ3n) is 2.50. The molecule has 21 heavy (non-hydrogen) atoms. The molecule has 0 saturated carbocycles. The van der Waals surface area contributed by atoms with Crippen molar-refractivity contribution in [2.75, 3.05) is 12.4 Å². The van der Waals surface area contributed by atoms with Crippen molar-refractivity contribution in [3.63, 3.8) is 0 Å². The van der Waals surface area contributed by atoms with Crippen molar-refractivity contribution in [1.82, 2.24) is 0 Å². The molecule has 0 aromatic heterocycles. The van der Waals surface area contributed by atoms with Gasteiger partial charge in [0.05, 0.1) is 22.8 Å². The summed E-state index contributed by atoms with van der Waals surface area (Å²) in [5, 5.41) is 8.74. The summed E-state index contributed by atoms with van der Waals surface area (Å²) in [6.45, 7) is -0.0946. The van der Waals surface area contributed by atoms with E-state index < -0.39 is 50.8 Å². The van der Waals surface area contributed by atoms with Gasteiger partial charge in [-0.3, -0.25) is 4.74 Å². The second-order valence-corrected chi connectivity index (χ2v) is 6.08. The number of alkyl halides is 3. The highest BCUT2D eigenvalue weighted by Crippen LogP contribution is 2.23. The van der Waals surface area contributed by atoms with Crippen LogP contribution >= 0.6 is 0 Å². The van der Waals surface area contributed by atoms with Crippen LogP contribution in [0.25, 0.3) is 0 Å². The smallest absolute Gasteiger partial charge is 0.478 e. The fourth-order valence-electron chi connectivity index (χ4n) is 1.48. The third-order valence-corrected chi connectivity index (χ3v) is 4.29. The van der Waals surface area contributed by atoms with E-state index in [9.17, 15) is 30.8 Å². The van der Waals surface area contributed by atoms with Crippen molar-refractivity contribution in [2.45, 2.75) is 18.2 Å². The Morgan fingerprint density at radius 3 is 2.38 bits per heavy atom. The van der Waals surface area contributed by atoms with E-state index in [1.807, 2.05) is 0 Å². The molecular weight excluding hydrogens is 320 g/mol. The van der Waals surface area contributed by atoms with Crippen molar-refractivity contribution >= 4 is 15.8 Å². The van der Waals surface area contributed by atoms with E-state index >= 15 is 0 Å². The summed E-state index contributed by atoms with van der Waals surface area (Å²) in [5.74, 6) is -3.70. The Morgan fingerprint density at radius 1 is 1.33 bits per heavy atom. The van der Waals surface area contributed by atoms with Gasteiger partial charge in [-0.05, 0) is 19.1 Å². The van der Waals surface area contributed by atoms with Crippen LogP contribution in [-0.2, 0) is 14.6 Å². The fourth-order valence-corrected chi connectivity index (χ4v) is 2.87. The van der Waals surface area contributed by atoms with Crippen LogP contribution < -0.4 is 0 Å². The molecule has 1 rings (SSSR count). The summed E-state index contributed by atoms with van der Waals surface area (Å²) in [6, 6.07) is 1.33. The molecule has 0 unspecified atom stereocenters. The van der Waals surface area contributed by atoms with Crippen LogP contribution in [0.3, 0.4) is 0 Å². The molecule has 0 aliphatic rings. The standard InChI is InChI=1S/C11H10F4O5S/c1-6-8(12)4-7(10(16)17)5-9(6)21(18,19)3-2-20-11(13,14)15/h4-5H,2-3H2,1H3,(H,16,17). The SMILES string of the molecule is Cc1c(F)cc(C(=O)O)cc1S(=O)(=O)CCOC(F)(F)F. The van der Waals surface area contributed by atoms with E-state index in [0.29, 0.717) is 12.1 Å². The van der Waals surface area contributed by atoms with Gasteiger partial charge in [0.25, 0.3) is 0 Å². The van der Waals surface area contributed by atoms with Gasteiger partial charge in [0.1, 0.15) is 5.82 Å². The minimum Gasteiger partial charge on any atom is -0.478 e. The average molecular weight is 330 g/mol. The van der Waals surface area contributed by atoms with Gasteiger partial charge in [-0.2, -0.15) is 0 Å². The van der Waals surface area contributed by atoms with E-state index in [2.05, 4.69) is 4.74 Å². The van der Waals surface area contributed by atoms with Gasteiger partial charge < -0.3 is 5.11 Å². The summed E-state index contributed by atoms with van der Waals surface area (Å²) < 4.78 is 75.9. The second kappa shape index (κ2) is 5.98. The molecule has 0 atom stereocenters. The predicted octanol–water partition coefficient (Wildman–Crippen LogP) is 2.14. The molecule has 1 aromatic rings. The fraction of sp³-hybridized carbons (Fsp3) is 0.364. The van der Waals surface area contributed by atoms with Gasteiger partial charge in [-0.1, -0.05) is 0 Å². The van der Waals surface area contributed by atoms with E-state index in [-0.39, 0.29) is 5.56 Å². The maximum atomic E-state index is 13.5. The predicted molar refractivity (Wildman–Crippen MR) is 62.2 cm³/mol. The van der Waals surface area contributed by atoms with Crippen molar-refractivity contribution in [3.8, 4) is 0 Å². The van der Waals surface area contributed by atoms with Gasteiger partial charge in [-0.15, -0.1) is 13.2 Å². The van der Waals surface area contributed by atoms with Crippen LogP contribution in [0.1, 0.15) is 15.9 Å². The molecule has 118 valence electrons. The molecule has 0 aliphatic heterocycles. The lowest BCUT2D eigenvalue weighted by molar-refractivity contribution is -0.322. The van der Waals surface area contributed by atoms with Crippen molar-refractivity contribution in [1.29, 1.82) is 0 Å². The third kappa shape index (κ3) is 4.67. The Bertz CT molecular complexity index is 651. The van der Waals surface area contributed by atoms with E-state index in [1.165, 1.54) is 0 Å². The zero-order valence-corrected chi connectivity index (χ0v) is 11.4. The largest absolute Gasteiger partial charge is 0.522 e. The minimum atomic E-state index is -4.99. The highest BCUT2D eigenvalue weighted by atomic mass is 32.2. The van der Waals surface area contributed by atoms with E-state index in [1.54, 1.807) is 0 Å². The number of carbonyl (C=O) groups is 1. The zero-order valence-electron chi connectivity index (χ0n) is 10.6. The summed E-state index contributed by atoms with van der Waals surface area (Å²) in [5.41, 5.74) is -0.986. The van der Waals surface area contributed by atoms with E-state index in [0.717, 1.165) is 6.92 Å². The van der Waals surface area contributed by atoms with Gasteiger partial charge in [0.2, 0.25) is 0 Å². The minimum absolute atomic E-state index is 0.369. The maximum absolute atomic E-state index is 13.5. The van der Waals surface area contributed by atoms with Gasteiger partial charge in [-0.25, -0.2) is 17.6 Å². The molecule has 0 fully saturated rings. The molecule has 5 nitrogen and oxygen atoms in total. The number of halogens is 4. The average Bonchev–Trinajstić information content (AvgIpc) is 2.29. The topological polar surface area (TPSA) is 80.7 Å². The number of hydrogen-bond acceptors (Lipinski definition) is 4. The summed E-state index contributed by atoms with van der Waals surface area (Å²) >= 11 is 0. The highest BCUT2D eigenvalue weighted by Gasteiger charge is 2.30. The number of benzene rings is 1. The summed E-state index contributed by atoms with van der Waals surface area (Å²) in [6.07, 6.45) is -4.99. The van der Waals surface area contributed by atoms with E-state index in [4.69, 9.17) is 5.11 Å². The van der Waals surface area contributed by atoms with Crippen LogP contribution in [-0.4, -0.2) is 38.2 Å². The molecule has 0 amide bonds. The Hall–Kier alpha value is -1.68. The Kier molecular flexibility index (Phi) is 4.95. The van der Waals surface area contributed by atoms with Crippen LogP contribution in [0.15, 0.2) is 17.0 Å². The Labute approximate surface area is 117 Å². The van der Waals surface area contributed by atoms with Crippen LogP contribution in [0.4, 0.5) is 17.6 Å². The van der Waals surface area contributed by atoms with Gasteiger partial charge >= 0.3 is 12.3 Å². The van der Waals surface area contributed by atoms with Gasteiger partial charge in [0.15, 0.2) is 9.84 Å². The zero-order chi connectivity index (χ0) is 16.4. The first-order valence-electron chi connectivity index (χ1n) is 5.41. The number of rotatable bonds is 5. The van der Waals surface area contributed by atoms with Crippen molar-refractivity contribution in [3.05, 3.63) is 29.1 Å². The lowest BCUT2D eigenvalue weighted by Gasteiger charge is -2.11. The number of carboxylic acid groups (broad SMARTS) is 1. The monoisotopic (exact) mass is 330 g/mol. The molecule has 0 aliphatic carbocycles. The summed E-state index contributed by atoms with van der Waals surface area (Å²) in [4.78, 5) is 10.1. The molecule has 0 saturated heterocycles. The molecule has 10 heteroatoms. The van der Waals surface area contributed by atoms with Crippen molar-refractivity contribution < 1.29 is 40.6 Å². The normalized spacial score (nSPS) is 12.4. The summed E-state index contributed by atoms with van der Waals surface area (Å²) in [7, 11) is -4.32. The molecule has 0 spiro atoms. The first-order valence-corrected chi connectivity index (χ1v) is 7.06. The quantitative estimate of drug-likeness (QED) is 0.837. The maximum Gasteiger partial charge on any atom is 0.522 e. The number of carboxylic acids is 1. The van der Waals surface area contributed by atoms with Crippen LogP contribution in [0.5, 0.6) is 0 Å². The molecule has 1 N–H and O–H groups in total. The van der Waals surface area contributed by atoms with Gasteiger partial charge in [0, 0.05) is 5.56 Å². The molecule has 0 bridgehead atoms. The molecular formula is C11H10F4O5S. The molecule has 1 aromatic carbocycles. The first kappa shape index (κ1) is 17.4. The molecule has 0 heterocycles. The Morgan fingerprint density at radius 2 is 1.90 bits per heavy atom. The number of hydrogen-bond donors (Lipinski definition) is 1. The highest BCUT2D eigenvalue weighted by molar-refractivity contribution is 7.91. The number of aromatic carboxylic acids is 1. The van der Waals surface area contributed by atoms with Crippen LogP contribution in [0.2, 0.25) is 0 Å².